The first kappa shape index (κ1) is 33.6. The number of hydrogen-bond acceptors (Lipinski definition) is 2. The Labute approximate surface area is 340 Å². The van der Waals surface area contributed by atoms with E-state index < -0.39 is 0 Å². The third-order valence-corrected chi connectivity index (χ3v) is 12.2. The number of allylic oxidation sites excluding steroid dienone is 1. The monoisotopic (exact) mass is 792 g/mol. The lowest BCUT2D eigenvalue weighted by molar-refractivity contribution is 0.989. The SMILES string of the molecule is Brc1ccc(N(c2ccc(N(c3cc4c(c5ccccc35)C=CCC4)c3cc4ccccc4c4ccccc34)cc2)c2cc3ccccc3c3ccccc23)cc1. The highest BCUT2D eigenvalue weighted by Crippen LogP contribution is 2.48. The van der Waals surface area contributed by atoms with Crippen molar-refractivity contribution in [1.82, 2.24) is 0 Å². The van der Waals surface area contributed by atoms with Gasteiger partial charge in [-0.25, -0.2) is 0 Å². The second kappa shape index (κ2) is 13.8. The molecule has 2 nitrogen and oxygen atoms in total. The minimum Gasteiger partial charge on any atom is -0.310 e. The summed E-state index contributed by atoms with van der Waals surface area (Å²) in [6.07, 6.45) is 6.71. The number of nitrogens with zero attached hydrogens (tertiary/aromatic N) is 2. The summed E-state index contributed by atoms with van der Waals surface area (Å²) in [5.41, 5.74) is 9.52. The van der Waals surface area contributed by atoms with Crippen LogP contribution in [0.25, 0.3) is 59.9 Å². The van der Waals surface area contributed by atoms with Crippen LogP contribution in [0.4, 0.5) is 34.1 Å². The van der Waals surface area contributed by atoms with Crippen LogP contribution in [0.3, 0.4) is 0 Å². The number of rotatable bonds is 6. The van der Waals surface area contributed by atoms with Crippen LogP contribution in [0.5, 0.6) is 0 Å². The molecule has 0 bridgehead atoms. The van der Waals surface area contributed by atoms with E-state index in [1.807, 2.05) is 0 Å². The van der Waals surface area contributed by atoms with Crippen LogP contribution in [-0.2, 0) is 6.42 Å². The van der Waals surface area contributed by atoms with E-state index in [4.69, 9.17) is 0 Å². The molecule has 0 radical (unpaired) electrons. The molecule has 1 aliphatic carbocycles. The molecule has 10 aromatic rings. The Morgan fingerprint density at radius 3 is 1.33 bits per heavy atom. The topological polar surface area (TPSA) is 6.48 Å². The van der Waals surface area contributed by atoms with Crippen LogP contribution in [0, 0.1) is 0 Å². The summed E-state index contributed by atoms with van der Waals surface area (Å²) in [5.74, 6) is 0. The molecule has 0 fully saturated rings. The fourth-order valence-corrected chi connectivity index (χ4v) is 9.34. The summed E-state index contributed by atoms with van der Waals surface area (Å²) in [6.45, 7) is 0. The largest absolute Gasteiger partial charge is 0.310 e. The first-order valence-electron chi connectivity index (χ1n) is 19.7. The number of anilines is 6. The molecule has 0 saturated heterocycles. The van der Waals surface area contributed by atoms with Crippen LogP contribution in [0.15, 0.2) is 199 Å². The van der Waals surface area contributed by atoms with E-state index in [0.29, 0.717) is 0 Å². The van der Waals surface area contributed by atoms with Crippen LogP contribution in [0.1, 0.15) is 17.5 Å². The zero-order chi connectivity index (χ0) is 37.9. The molecule has 3 heteroatoms. The van der Waals surface area contributed by atoms with Gasteiger partial charge in [-0.3, -0.25) is 0 Å². The summed E-state index contributed by atoms with van der Waals surface area (Å²) >= 11 is 3.69. The molecule has 57 heavy (non-hydrogen) atoms. The molecule has 0 aliphatic heterocycles. The van der Waals surface area contributed by atoms with Gasteiger partial charge in [-0.05, 0) is 128 Å². The lowest BCUT2D eigenvalue weighted by Crippen LogP contribution is -2.14. The van der Waals surface area contributed by atoms with Gasteiger partial charge >= 0.3 is 0 Å². The Morgan fingerprint density at radius 1 is 0.368 bits per heavy atom. The van der Waals surface area contributed by atoms with Crippen LogP contribution < -0.4 is 9.80 Å². The van der Waals surface area contributed by atoms with Crippen molar-refractivity contribution in [3.05, 3.63) is 210 Å². The van der Waals surface area contributed by atoms with E-state index in [1.54, 1.807) is 0 Å². The van der Waals surface area contributed by atoms with Gasteiger partial charge in [0.25, 0.3) is 0 Å². The molecular formula is C54H37BrN2. The molecule has 0 atom stereocenters. The Hall–Kier alpha value is -6.68. The Kier molecular flexibility index (Phi) is 8.15. The van der Waals surface area contributed by atoms with Crippen molar-refractivity contribution >= 4 is 110 Å². The highest BCUT2D eigenvalue weighted by atomic mass is 79.9. The van der Waals surface area contributed by atoms with Gasteiger partial charge in [-0.15, -0.1) is 0 Å². The molecule has 0 unspecified atom stereocenters. The lowest BCUT2D eigenvalue weighted by Gasteiger charge is -2.31. The molecule has 0 saturated carbocycles. The summed E-state index contributed by atoms with van der Waals surface area (Å²) in [7, 11) is 0. The predicted octanol–water partition coefficient (Wildman–Crippen LogP) is 16.1. The van der Waals surface area contributed by atoms with E-state index >= 15 is 0 Å². The van der Waals surface area contributed by atoms with E-state index in [2.05, 4.69) is 226 Å². The predicted molar refractivity (Wildman–Crippen MR) is 248 cm³/mol. The van der Waals surface area contributed by atoms with Crippen molar-refractivity contribution in [2.24, 2.45) is 0 Å². The standard InChI is InChI=1S/C54H37BrN2/c55-39-25-27-40(28-26-39)56(52-33-36-13-1-4-16-43(36)46-19-7-10-22-49(46)52)41-29-31-42(32-30-41)57(53-34-37-14-2-5-17-44(37)47-20-8-11-23-50(47)53)54-35-38-15-3-6-18-45(38)48-21-9-12-24-51(48)54/h1-2,4-14,16-35H,3,15H2. The molecule has 11 rings (SSSR count). The van der Waals surface area contributed by atoms with Crippen molar-refractivity contribution < 1.29 is 0 Å². The van der Waals surface area contributed by atoms with Crippen LogP contribution in [-0.4, -0.2) is 0 Å². The normalized spacial score (nSPS) is 12.4. The highest BCUT2D eigenvalue weighted by molar-refractivity contribution is 9.10. The fourth-order valence-electron chi connectivity index (χ4n) is 9.08. The van der Waals surface area contributed by atoms with Crippen molar-refractivity contribution in [3.63, 3.8) is 0 Å². The van der Waals surface area contributed by atoms with Gasteiger partial charge in [0, 0.05) is 37.7 Å². The van der Waals surface area contributed by atoms with E-state index in [0.717, 1.165) is 40.1 Å². The quantitative estimate of drug-likeness (QED) is 0.155. The third-order valence-electron chi connectivity index (χ3n) is 11.7. The van der Waals surface area contributed by atoms with Crippen molar-refractivity contribution in [3.8, 4) is 0 Å². The van der Waals surface area contributed by atoms with Gasteiger partial charge in [0.2, 0.25) is 0 Å². The van der Waals surface area contributed by atoms with Gasteiger partial charge in [0.05, 0.1) is 17.1 Å². The first-order valence-corrected chi connectivity index (χ1v) is 20.5. The van der Waals surface area contributed by atoms with Gasteiger partial charge in [-0.2, -0.15) is 0 Å². The molecular weight excluding hydrogens is 757 g/mol. The maximum absolute atomic E-state index is 3.69. The summed E-state index contributed by atoms with van der Waals surface area (Å²) in [6, 6.07) is 69.1. The summed E-state index contributed by atoms with van der Waals surface area (Å²) < 4.78 is 1.05. The van der Waals surface area contributed by atoms with Crippen LogP contribution in [0.2, 0.25) is 0 Å². The van der Waals surface area contributed by atoms with Gasteiger partial charge in [0.15, 0.2) is 0 Å². The third kappa shape index (κ3) is 5.69. The lowest BCUT2D eigenvalue weighted by atomic mass is 9.90. The molecule has 0 aromatic heterocycles. The zero-order valence-corrected chi connectivity index (χ0v) is 32.8. The summed E-state index contributed by atoms with van der Waals surface area (Å²) in [4.78, 5) is 4.91. The maximum Gasteiger partial charge on any atom is 0.0546 e. The summed E-state index contributed by atoms with van der Waals surface area (Å²) in [5, 5.41) is 12.4. The fraction of sp³-hybridized carbons (Fsp3) is 0.0370. The molecule has 0 heterocycles. The Bertz CT molecular complexity index is 3200. The van der Waals surface area contributed by atoms with E-state index in [1.165, 1.54) is 76.4 Å². The van der Waals surface area contributed by atoms with Gasteiger partial charge in [-0.1, -0.05) is 149 Å². The van der Waals surface area contributed by atoms with Crippen LogP contribution >= 0.6 is 15.9 Å². The minimum atomic E-state index is 1.02. The smallest absolute Gasteiger partial charge is 0.0546 e. The molecule has 0 spiro atoms. The second-order valence-corrected chi connectivity index (χ2v) is 15.9. The van der Waals surface area contributed by atoms with E-state index in [9.17, 15) is 0 Å². The van der Waals surface area contributed by atoms with E-state index in [-0.39, 0.29) is 0 Å². The first-order chi connectivity index (χ1) is 28.2. The van der Waals surface area contributed by atoms with Crippen molar-refractivity contribution in [2.75, 3.05) is 9.80 Å². The average molecular weight is 794 g/mol. The number of benzene rings is 10. The maximum atomic E-state index is 3.69. The average Bonchev–Trinajstić information content (AvgIpc) is 3.28. The molecule has 270 valence electrons. The molecule has 0 N–H and O–H groups in total. The number of hydrogen-bond donors (Lipinski definition) is 0. The Balaban J connectivity index is 1.16. The highest BCUT2D eigenvalue weighted by Gasteiger charge is 2.23. The molecule has 1 aliphatic rings. The molecule has 10 aromatic carbocycles. The van der Waals surface area contributed by atoms with Crippen molar-refractivity contribution in [1.29, 1.82) is 0 Å². The zero-order valence-electron chi connectivity index (χ0n) is 31.2. The number of fused-ring (bicyclic) bond motifs is 9. The van der Waals surface area contributed by atoms with Gasteiger partial charge in [0.1, 0.15) is 0 Å². The number of aryl methyl sites for hydroxylation is 1. The van der Waals surface area contributed by atoms with Crippen molar-refractivity contribution in [2.45, 2.75) is 12.8 Å². The minimum absolute atomic E-state index is 1.02. The molecule has 0 amide bonds. The number of halogens is 1. The Morgan fingerprint density at radius 2 is 0.772 bits per heavy atom. The van der Waals surface area contributed by atoms with Gasteiger partial charge < -0.3 is 9.80 Å². The second-order valence-electron chi connectivity index (χ2n) is 14.9.